The third kappa shape index (κ3) is 5.55. The van der Waals surface area contributed by atoms with E-state index in [0.717, 1.165) is 5.56 Å². The van der Waals surface area contributed by atoms with Crippen LogP contribution in [-0.4, -0.2) is 31.8 Å². The highest BCUT2D eigenvalue weighted by Gasteiger charge is 2.25. The van der Waals surface area contributed by atoms with Crippen LogP contribution < -0.4 is 9.47 Å². The van der Waals surface area contributed by atoms with Crippen molar-refractivity contribution in [3.8, 4) is 11.5 Å². The van der Waals surface area contributed by atoms with Gasteiger partial charge in [0.15, 0.2) is 0 Å². The first-order valence-electron chi connectivity index (χ1n) is 10.4. The second-order valence-corrected chi connectivity index (χ2v) is 9.11. The molecule has 32 heavy (non-hydrogen) atoms. The van der Waals surface area contributed by atoms with Crippen LogP contribution in [0.4, 0.5) is 0 Å². The lowest BCUT2D eigenvalue weighted by molar-refractivity contribution is 0.0734. The Kier molecular flexibility index (Phi) is 7.66. The molecule has 3 aromatic carbocycles. The average Bonchev–Trinajstić information content (AvgIpc) is 2.80. The molecule has 0 spiro atoms. The van der Waals surface area contributed by atoms with Crippen LogP contribution in [0.1, 0.15) is 35.3 Å². The molecule has 0 radical (unpaired) electrons. The van der Waals surface area contributed by atoms with Crippen molar-refractivity contribution in [2.24, 2.45) is 0 Å². The van der Waals surface area contributed by atoms with E-state index < -0.39 is 16.0 Å². The Labute approximate surface area is 189 Å². The second kappa shape index (κ2) is 10.4. The Balaban J connectivity index is 1.70. The lowest BCUT2D eigenvalue weighted by atomic mass is 10.1. The standard InChI is InChI=1S/C25H27NO5S/c1-4-26(5-2)32(28,29)24-17-21(12-11-19(24)3)25(27)31-23-15-13-22(14-16-23)30-18-20-9-7-6-8-10-20/h6-17H,4-5,18H2,1-3H3. The highest BCUT2D eigenvalue weighted by Crippen LogP contribution is 2.23. The van der Waals surface area contributed by atoms with Crippen LogP contribution in [0, 0.1) is 6.92 Å². The molecule has 0 unspecified atom stereocenters. The third-order valence-corrected chi connectivity index (χ3v) is 7.22. The minimum Gasteiger partial charge on any atom is -0.489 e. The van der Waals surface area contributed by atoms with Crippen molar-refractivity contribution in [3.63, 3.8) is 0 Å². The maximum atomic E-state index is 12.9. The van der Waals surface area contributed by atoms with Gasteiger partial charge in [-0.2, -0.15) is 4.31 Å². The van der Waals surface area contributed by atoms with E-state index >= 15 is 0 Å². The number of aryl methyl sites for hydroxylation is 1. The minimum absolute atomic E-state index is 0.111. The molecule has 0 bridgehead atoms. The number of hydrogen-bond donors (Lipinski definition) is 0. The maximum Gasteiger partial charge on any atom is 0.343 e. The summed E-state index contributed by atoms with van der Waals surface area (Å²) in [6, 6.07) is 21.1. The highest BCUT2D eigenvalue weighted by atomic mass is 32.2. The van der Waals surface area contributed by atoms with Gasteiger partial charge in [-0.15, -0.1) is 0 Å². The van der Waals surface area contributed by atoms with E-state index in [-0.39, 0.29) is 10.5 Å². The predicted molar refractivity (Wildman–Crippen MR) is 123 cm³/mol. The summed E-state index contributed by atoms with van der Waals surface area (Å²) < 4.78 is 38.4. The smallest absolute Gasteiger partial charge is 0.343 e. The van der Waals surface area contributed by atoms with E-state index in [9.17, 15) is 13.2 Å². The summed E-state index contributed by atoms with van der Waals surface area (Å²) >= 11 is 0. The normalized spacial score (nSPS) is 11.4. The largest absolute Gasteiger partial charge is 0.489 e. The minimum atomic E-state index is -3.69. The fraction of sp³-hybridized carbons (Fsp3) is 0.240. The summed E-state index contributed by atoms with van der Waals surface area (Å²) in [5, 5.41) is 0. The molecule has 0 saturated heterocycles. The van der Waals surface area contributed by atoms with Gasteiger partial charge in [-0.05, 0) is 54.4 Å². The van der Waals surface area contributed by atoms with Crippen LogP contribution in [0.5, 0.6) is 11.5 Å². The molecule has 3 rings (SSSR count). The quantitative estimate of drug-likeness (QED) is 0.343. The van der Waals surface area contributed by atoms with Gasteiger partial charge in [-0.1, -0.05) is 50.2 Å². The lowest BCUT2D eigenvalue weighted by Gasteiger charge is -2.20. The van der Waals surface area contributed by atoms with Crippen LogP contribution in [0.3, 0.4) is 0 Å². The summed E-state index contributed by atoms with van der Waals surface area (Å²) in [5.74, 6) is 0.367. The van der Waals surface area contributed by atoms with Crippen LogP contribution in [-0.2, 0) is 16.6 Å². The number of esters is 1. The monoisotopic (exact) mass is 453 g/mol. The van der Waals surface area contributed by atoms with Crippen molar-refractivity contribution >= 4 is 16.0 Å². The maximum absolute atomic E-state index is 12.9. The SMILES string of the molecule is CCN(CC)S(=O)(=O)c1cc(C(=O)Oc2ccc(OCc3ccccc3)cc2)ccc1C. The fourth-order valence-electron chi connectivity index (χ4n) is 3.22. The van der Waals surface area contributed by atoms with Gasteiger partial charge >= 0.3 is 5.97 Å². The molecule has 0 aliphatic carbocycles. The number of benzene rings is 3. The molecule has 168 valence electrons. The zero-order chi connectivity index (χ0) is 23.1. The van der Waals surface area contributed by atoms with E-state index in [4.69, 9.17) is 9.47 Å². The highest BCUT2D eigenvalue weighted by molar-refractivity contribution is 7.89. The van der Waals surface area contributed by atoms with Crippen LogP contribution in [0.25, 0.3) is 0 Å². The summed E-state index contributed by atoms with van der Waals surface area (Å²) in [4.78, 5) is 12.8. The number of carbonyl (C=O) groups excluding carboxylic acids is 1. The van der Waals surface area contributed by atoms with Gasteiger partial charge in [0, 0.05) is 13.1 Å². The van der Waals surface area contributed by atoms with Gasteiger partial charge < -0.3 is 9.47 Å². The number of rotatable bonds is 9. The molecule has 0 aliphatic rings. The number of nitrogens with zero attached hydrogens (tertiary/aromatic N) is 1. The van der Waals surface area contributed by atoms with Gasteiger partial charge in [0.2, 0.25) is 10.0 Å². The number of carbonyl (C=O) groups is 1. The van der Waals surface area contributed by atoms with Gasteiger partial charge in [0.05, 0.1) is 10.5 Å². The number of ether oxygens (including phenoxy) is 2. The number of hydrogen-bond acceptors (Lipinski definition) is 5. The summed E-state index contributed by atoms with van der Waals surface area (Å²) in [7, 11) is -3.69. The molecule has 3 aromatic rings. The second-order valence-electron chi connectivity index (χ2n) is 7.20. The fourth-order valence-corrected chi connectivity index (χ4v) is 4.93. The first kappa shape index (κ1) is 23.5. The van der Waals surface area contributed by atoms with Crippen LogP contribution in [0.2, 0.25) is 0 Å². The number of sulfonamides is 1. The molecule has 0 heterocycles. The van der Waals surface area contributed by atoms with Crippen molar-refractivity contribution in [2.45, 2.75) is 32.3 Å². The zero-order valence-electron chi connectivity index (χ0n) is 18.4. The molecule has 7 heteroatoms. The Morgan fingerprint density at radius 3 is 2.12 bits per heavy atom. The molecular weight excluding hydrogens is 426 g/mol. The van der Waals surface area contributed by atoms with Gasteiger partial charge in [0.1, 0.15) is 18.1 Å². The Morgan fingerprint density at radius 1 is 0.875 bits per heavy atom. The predicted octanol–water partition coefficient (Wildman–Crippen LogP) is 4.82. The molecule has 0 aromatic heterocycles. The molecule has 0 amide bonds. The van der Waals surface area contributed by atoms with E-state index in [1.165, 1.54) is 10.4 Å². The van der Waals surface area contributed by atoms with E-state index in [2.05, 4.69) is 0 Å². The molecule has 6 nitrogen and oxygen atoms in total. The molecule has 0 fully saturated rings. The summed E-state index contributed by atoms with van der Waals surface area (Å²) in [6.07, 6.45) is 0. The van der Waals surface area contributed by atoms with E-state index in [1.807, 2.05) is 30.3 Å². The lowest BCUT2D eigenvalue weighted by Crippen LogP contribution is -2.31. The molecule has 0 atom stereocenters. The molecule has 0 N–H and O–H groups in total. The molecule has 0 saturated carbocycles. The zero-order valence-corrected chi connectivity index (χ0v) is 19.3. The summed E-state index contributed by atoms with van der Waals surface area (Å²) in [6.45, 7) is 6.41. The van der Waals surface area contributed by atoms with Gasteiger partial charge in [0.25, 0.3) is 0 Å². The van der Waals surface area contributed by atoms with E-state index in [0.29, 0.717) is 36.8 Å². The average molecular weight is 454 g/mol. The van der Waals surface area contributed by atoms with Crippen molar-refractivity contribution in [1.82, 2.24) is 4.31 Å². The molecular formula is C25H27NO5S. The topological polar surface area (TPSA) is 72.9 Å². The van der Waals surface area contributed by atoms with Crippen molar-refractivity contribution in [3.05, 3.63) is 89.5 Å². The van der Waals surface area contributed by atoms with Crippen molar-refractivity contribution < 1.29 is 22.7 Å². The first-order chi connectivity index (χ1) is 15.3. The first-order valence-corrected chi connectivity index (χ1v) is 11.9. The van der Waals surface area contributed by atoms with E-state index in [1.54, 1.807) is 57.2 Å². The third-order valence-electron chi connectivity index (χ3n) is 5.03. The van der Waals surface area contributed by atoms with Crippen LogP contribution >= 0.6 is 0 Å². The Bertz CT molecular complexity index is 1150. The van der Waals surface area contributed by atoms with Crippen molar-refractivity contribution in [1.29, 1.82) is 0 Å². The Morgan fingerprint density at radius 2 is 1.50 bits per heavy atom. The van der Waals surface area contributed by atoms with Crippen molar-refractivity contribution in [2.75, 3.05) is 13.1 Å². The molecule has 0 aliphatic heterocycles. The van der Waals surface area contributed by atoms with Crippen LogP contribution in [0.15, 0.2) is 77.7 Å². The Hall–Kier alpha value is -3.16. The van der Waals surface area contributed by atoms with Gasteiger partial charge in [-0.25, -0.2) is 13.2 Å². The van der Waals surface area contributed by atoms with Gasteiger partial charge in [-0.3, -0.25) is 0 Å². The summed E-state index contributed by atoms with van der Waals surface area (Å²) in [5.41, 5.74) is 1.80.